The molecule has 0 unspecified atom stereocenters. The highest BCUT2D eigenvalue weighted by Crippen LogP contribution is 2.35. The lowest BCUT2D eigenvalue weighted by atomic mass is 10.1. The van der Waals surface area contributed by atoms with E-state index in [0.29, 0.717) is 12.2 Å². The molecule has 70 valence electrons. The third-order valence-electron chi connectivity index (χ3n) is 2.26. The summed E-state index contributed by atoms with van der Waals surface area (Å²) in [5, 5.41) is 21.3. The molecule has 2 nitrogen and oxygen atoms in total. The third-order valence-corrected chi connectivity index (χ3v) is 3.26. The van der Waals surface area contributed by atoms with Crippen molar-refractivity contribution >= 4 is 21.4 Å². The molecule has 2 rings (SSSR count). The number of thiophene rings is 1. The van der Waals surface area contributed by atoms with E-state index in [2.05, 4.69) is 6.07 Å². The summed E-state index contributed by atoms with van der Waals surface area (Å²) < 4.78 is 1.04. The molecule has 1 heterocycles. The number of phenols is 1. The zero-order chi connectivity index (χ0) is 10.1. The molecule has 1 aromatic carbocycles. The first-order valence-corrected chi connectivity index (χ1v) is 5.17. The molecule has 0 saturated heterocycles. The standard InChI is InChI=1S/C11H9NOS/c1-7-2-3-9-10(11(7)13)8(4-5-12)6-14-9/h2-3,6,13H,4H2,1H3. The highest BCUT2D eigenvalue weighted by molar-refractivity contribution is 7.17. The molecule has 0 atom stereocenters. The molecule has 0 aliphatic heterocycles. The van der Waals surface area contributed by atoms with Gasteiger partial charge >= 0.3 is 0 Å². The van der Waals surface area contributed by atoms with Crippen LogP contribution in [0.1, 0.15) is 11.1 Å². The van der Waals surface area contributed by atoms with E-state index < -0.39 is 0 Å². The van der Waals surface area contributed by atoms with Crippen molar-refractivity contribution in [1.29, 1.82) is 5.26 Å². The van der Waals surface area contributed by atoms with E-state index >= 15 is 0 Å². The second-order valence-electron chi connectivity index (χ2n) is 3.20. The predicted molar refractivity (Wildman–Crippen MR) is 57.5 cm³/mol. The number of phenolic OH excluding ortho intramolecular Hbond substituents is 1. The molecule has 1 aromatic heterocycles. The summed E-state index contributed by atoms with van der Waals surface area (Å²) in [5.74, 6) is 0.314. The minimum Gasteiger partial charge on any atom is -0.507 e. The van der Waals surface area contributed by atoms with Gasteiger partial charge in [0.1, 0.15) is 5.75 Å². The van der Waals surface area contributed by atoms with E-state index in [1.807, 2.05) is 24.4 Å². The Morgan fingerprint density at radius 3 is 3.00 bits per heavy atom. The van der Waals surface area contributed by atoms with E-state index in [0.717, 1.165) is 21.2 Å². The van der Waals surface area contributed by atoms with Crippen LogP contribution >= 0.6 is 11.3 Å². The largest absolute Gasteiger partial charge is 0.507 e. The molecular weight excluding hydrogens is 194 g/mol. The number of nitrogens with zero attached hydrogens (tertiary/aromatic N) is 1. The first-order valence-electron chi connectivity index (χ1n) is 4.29. The quantitative estimate of drug-likeness (QED) is 0.774. The van der Waals surface area contributed by atoms with Gasteiger partial charge in [-0.05, 0) is 29.5 Å². The lowest BCUT2D eigenvalue weighted by molar-refractivity contribution is 0.477. The second kappa shape index (κ2) is 3.32. The average molecular weight is 203 g/mol. The van der Waals surface area contributed by atoms with E-state index in [-0.39, 0.29) is 0 Å². The fourth-order valence-corrected chi connectivity index (χ4v) is 2.46. The smallest absolute Gasteiger partial charge is 0.127 e. The van der Waals surface area contributed by atoms with Crippen molar-refractivity contribution in [2.75, 3.05) is 0 Å². The van der Waals surface area contributed by atoms with Crippen LogP contribution in [0.15, 0.2) is 17.5 Å². The fourth-order valence-electron chi connectivity index (χ4n) is 1.49. The summed E-state index contributed by atoms with van der Waals surface area (Å²) in [6.45, 7) is 1.86. The number of aryl methyl sites for hydroxylation is 1. The first kappa shape index (κ1) is 9.04. The Kier molecular flexibility index (Phi) is 2.14. The molecule has 0 amide bonds. The number of hydrogen-bond donors (Lipinski definition) is 1. The maximum atomic E-state index is 9.85. The summed E-state index contributed by atoms with van der Waals surface area (Å²) in [6.07, 6.45) is 0.358. The maximum Gasteiger partial charge on any atom is 0.127 e. The van der Waals surface area contributed by atoms with Crippen LogP contribution in [-0.4, -0.2) is 5.11 Å². The lowest BCUT2D eigenvalue weighted by Gasteiger charge is -2.01. The van der Waals surface area contributed by atoms with Crippen molar-refractivity contribution in [3.05, 3.63) is 28.6 Å². The Morgan fingerprint density at radius 2 is 2.29 bits per heavy atom. The van der Waals surface area contributed by atoms with Gasteiger partial charge in [-0.1, -0.05) is 6.07 Å². The molecule has 0 spiro atoms. The maximum absolute atomic E-state index is 9.85. The van der Waals surface area contributed by atoms with Crippen LogP contribution in [0.25, 0.3) is 10.1 Å². The molecular formula is C11H9NOS. The van der Waals surface area contributed by atoms with Crippen LogP contribution in [0, 0.1) is 18.3 Å². The van der Waals surface area contributed by atoms with Crippen LogP contribution in [0.3, 0.4) is 0 Å². The van der Waals surface area contributed by atoms with Gasteiger partial charge in [0.25, 0.3) is 0 Å². The Hall–Kier alpha value is -1.53. The van der Waals surface area contributed by atoms with Gasteiger partial charge in [-0.15, -0.1) is 11.3 Å². The summed E-state index contributed by atoms with van der Waals surface area (Å²) in [6, 6.07) is 5.98. The Morgan fingerprint density at radius 1 is 1.50 bits per heavy atom. The zero-order valence-corrected chi connectivity index (χ0v) is 8.56. The van der Waals surface area contributed by atoms with E-state index in [1.165, 1.54) is 0 Å². The summed E-state index contributed by atoms with van der Waals surface area (Å²) in [5.41, 5.74) is 1.78. The van der Waals surface area contributed by atoms with Crippen LogP contribution < -0.4 is 0 Å². The van der Waals surface area contributed by atoms with Crippen LogP contribution in [-0.2, 0) is 6.42 Å². The zero-order valence-electron chi connectivity index (χ0n) is 7.74. The first-order chi connectivity index (χ1) is 6.74. The number of hydrogen-bond acceptors (Lipinski definition) is 3. The predicted octanol–water partition coefficient (Wildman–Crippen LogP) is 2.98. The molecule has 0 fully saturated rings. The number of nitriles is 1. The van der Waals surface area contributed by atoms with Gasteiger partial charge in [-0.2, -0.15) is 5.26 Å². The minimum atomic E-state index is 0.314. The van der Waals surface area contributed by atoms with Crippen LogP contribution in [0.4, 0.5) is 0 Å². The van der Waals surface area contributed by atoms with Gasteiger partial charge < -0.3 is 5.11 Å². The van der Waals surface area contributed by atoms with Gasteiger partial charge in [0, 0.05) is 10.1 Å². The van der Waals surface area contributed by atoms with E-state index in [1.54, 1.807) is 11.3 Å². The van der Waals surface area contributed by atoms with Gasteiger partial charge in [0.2, 0.25) is 0 Å². The van der Waals surface area contributed by atoms with Crippen molar-refractivity contribution in [3.8, 4) is 11.8 Å². The minimum absolute atomic E-state index is 0.314. The number of fused-ring (bicyclic) bond motifs is 1. The number of rotatable bonds is 1. The Labute approximate surface area is 86.0 Å². The molecule has 2 aromatic rings. The molecule has 1 N–H and O–H groups in total. The molecule has 0 radical (unpaired) electrons. The highest BCUT2D eigenvalue weighted by atomic mass is 32.1. The molecule has 0 aliphatic rings. The Balaban J connectivity index is 2.77. The van der Waals surface area contributed by atoms with E-state index in [4.69, 9.17) is 5.26 Å². The van der Waals surface area contributed by atoms with Gasteiger partial charge in [0.15, 0.2) is 0 Å². The summed E-state index contributed by atoms with van der Waals surface area (Å²) in [7, 11) is 0. The monoisotopic (exact) mass is 203 g/mol. The van der Waals surface area contributed by atoms with Crippen LogP contribution in [0.2, 0.25) is 0 Å². The third kappa shape index (κ3) is 1.24. The van der Waals surface area contributed by atoms with Crippen molar-refractivity contribution in [1.82, 2.24) is 0 Å². The summed E-state index contributed by atoms with van der Waals surface area (Å²) in [4.78, 5) is 0. The Bertz CT molecular complexity index is 522. The average Bonchev–Trinajstić information content (AvgIpc) is 2.57. The van der Waals surface area contributed by atoms with Gasteiger partial charge in [0.05, 0.1) is 12.5 Å². The SMILES string of the molecule is Cc1ccc2scc(CC#N)c2c1O. The van der Waals surface area contributed by atoms with Crippen molar-refractivity contribution in [2.45, 2.75) is 13.3 Å². The molecule has 3 heteroatoms. The van der Waals surface area contributed by atoms with E-state index in [9.17, 15) is 5.11 Å². The normalized spacial score (nSPS) is 10.3. The van der Waals surface area contributed by atoms with Gasteiger partial charge in [-0.25, -0.2) is 0 Å². The second-order valence-corrected chi connectivity index (χ2v) is 4.11. The number of aromatic hydroxyl groups is 1. The van der Waals surface area contributed by atoms with Crippen molar-refractivity contribution in [2.24, 2.45) is 0 Å². The van der Waals surface area contributed by atoms with Crippen molar-refractivity contribution in [3.63, 3.8) is 0 Å². The summed E-state index contributed by atoms with van der Waals surface area (Å²) >= 11 is 1.57. The molecule has 0 saturated carbocycles. The van der Waals surface area contributed by atoms with Gasteiger partial charge in [-0.3, -0.25) is 0 Å². The fraction of sp³-hybridized carbons (Fsp3) is 0.182. The highest BCUT2D eigenvalue weighted by Gasteiger charge is 2.09. The molecule has 0 bridgehead atoms. The topological polar surface area (TPSA) is 44.0 Å². The lowest BCUT2D eigenvalue weighted by Crippen LogP contribution is -1.80. The van der Waals surface area contributed by atoms with Crippen LogP contribution in [0.5, 0.6) is 5.75 Å². The van der Waals surface area contributed by atoms with Crippen molar-refractivity contribution < 1.29 is 5.11 Å². The molecule has 14 heavy (non-hydrogen) atoms. The molecule has 0 aliphatic carbocycles. The number of benzene rings is 1.